The molecule has 0 fully saturated rings. The van der Waals surface area contributed by atoms with E-state index in [0.29, 0.717) is 11.7 Å². The van der Waals surface area contributed by atoms with Crippen molar-refractivity contribution in [2.45, 2.75) is 71.6 Å². The summed E-state index contributed by atoms with van der Waals surface area (Å²) in [5.74, 6) is 0.893. The van der Waals surface area contributed by atoms with Crippen LogP contribution < -0.4 is 10.6 Å². The summed E-state index contributed by atoms with van der Waals surface area (Å²) in [7, 11) is 0. The number of benzene rings is 1. The summed E-state index contributed by atoms with van der Waals surface area (Å²) >= 11 is 5.02. The van der Waals surface area contributed by atoms with Crippen LogP contribution in [0.2, 0.25) is 0 Å². The first-order valence-electron chi connectivity index (χ1n) is 11.6. The van der Waals surface area contributed by atoms with E-state index < -0.39 is 11.7 Å². The lowest BCUT2D eigenvalue weighted by molar-refractivity contribution is 0.0564. The van der Waals surface area contributed by atoms with Gasteiger partial charge in [-0.3, -0.25) is 15.3 Å². The summed E-state index contributed by atoms with van der Waals surface area (Å²) in [5, 5.41) is 7.06. The van der Waals surface area contributed by atoms with Gasteiger partial charge in [0.05, 0.1) is 17.8 Å². The monoisotopic (exact) mass is 544 g/mol. The quantitative estimate of drug-likeness (QED) is 0.452. The molecule has 34 heavy (non-hydrogen) atoms. The molecule has 1 aliphatic carbocycles. The van der Waals surface area contributed by atoms with Crippen LogP contribution in [0, 0.1) is 5.41 Å². The summed E-state index contributed by atoms with van der Waals surface area (Å²) in [4.78, 5) is 22.1. The number of hydrogen-bond donors (Lipinski definition) is 2. The van der Waals surface area contributed by atoms with Crippen molar-refractivity contribution in [2.24, 2.45) is 10.4 Å². The predicted octanol–water partition coefficient (Wildman–Crippen LogP) is 6.64. The molecule has 2 heterocycles. The molecule has 1 unspecified atom stereocenters. The molecule has 1 spiro atoms. The number of ether oxygens (including phenoxy) is 1. The fraction of sp³-hybridized carbons (Fsp3) is 0.500. The number of alkyl carbamates (subject to hydrolysis) is 1. The normalized spacial score (nSPS) is 21.4. The third kappa shape index (κ3) is 6.13. The van der Waals surface area contributed by atoms with Gasteiger partial charge in [-0.1, -0.05) is 31.7 Å². The van der Waals surface area contributed by atoms with Crippen LogP contribution >= 0.6 is 27.7 Å². The molecule has 0 saturated heterocycles. The highest BCUT2D eigenvalue weighted by Crippen LogP contribution is 2.51. The number of rotatable bonds is 3. The fourth-order valence-corrected chi connectivity index (χ4v) is 6.08. The number of halogens is 1. The number of amidine groups is 1. The van der Waals surface area contributed by atoms with Gasteiger partial charge in [-0.2, -0.15) is 0 Å². The van der Waals surface area contributed by atoms with Gasteiger partial charge in [0.25, 0.3) is 0 Å². The highest BCUT2D eigenvalue weighted by molar-refractivity contribution is 9.10. The van der Waals surface area contributed by atoms with Gasteiger partial charge < -0.3 is 10.1 Å². The van der Waals surface area contributed by atoms with Gasteiger partial charge in [-0.05, 0) is 96.8 Å². The van der Waals surface area contributed by atoms with Gasteiger partial charge in [0.2, 0.25) is 0 Å². The zero-order chi connectivity index (χ0) is 24.6. The number of fused-ring (bicyclic) bond motifs is 2. The van der Waals surface area contributed by atoms with Crippen molar-refractivity contribution in [3.05, 3.63) is 57.8 Å². The van der Waals surface area contributed by atoms with E-state index in [1.54, 1.807) is 11.8 Å². The number of aromatic nitrogens is 1. The van der Waals surface area contributed by atoms with Crippen molar-refractivity contribution >= 4 is 44.6 Å². The first-order chi connectivity index (χ1) is 15.9. The van der Waals surface area contributed by atoms with Crippen LogP contribution in [0.3, 0.4) is 0 Å². The van der Waals surface area contributed by atoms with Crippen LogP contribution in [-0.2, 0) is 23.2 Å². The van der Waals surface area contributed by atoms with Crippen molar-refractivity contribution in [3.8, 4) is 0 Å². The predicted molar refractivity (Wildman–Crippen MR) is 143 cm³/mol. The molecule has 2 aliphatic rings. The van der Waals surface area contributed by atoms with Crippen molar-refractivity contribution in [1.82, 2.24) is 10.3 Å². The van der Waals surface area contributed by atoms with Crippen molar-refractivity contribution in [3.63, 3.8) is 0 Å². The summed E-state index contributed by atoms with van der Waals surface area (Å²) < 4.78 is 6.43. The Morgan fingerprint density at radius 3 is 2.74 bits per heavy atom. The number of thioether (sulfide) groups is 1. The maximum atomic E-state index is 12.4. The second-order valence-corrected chi connectivity index (χ2v) is 12.9. The number of amides is 1. The smallest absolute Gasteiger partial charge is 0.413 e. The summed E-state index contributed by atoms with van der Waals surface area (Å²) in [6, 6.07) is 10.6. The van der Waals surface area contributed by atoms with Crippen LogP contribution in [-0.4, -0.2) is 27.6 Å². The van der Waals surface area contributed by atoms with Gasteiger partial charge in [0.15, 0.2) is 5.17 Å². The van der Waals surface area contributed by atoms with E-state index in [9.17, 15) is 4.79 Å². The molecule has 1 amide bonds. The number of carbonyl (C=O) groups is 1. The van der Waals surface area contributed by atoms with Gasteiger partial charge in [0.1, 0.15) is 5.60 Å². The minimum Gasteiger partial charge on any atom is -0.444 e. The minimum atomic E-state index is -0.550. The number of anilines is 1. The number of carbonyl (C=O) groups excluding carboxylic acids is 1. The van der Waals surface area contributed by atoms with E-state index in [1.165, 1.54) is 11.1 Å². The van der Waals surface area contributed by atoms with E-state index in [1.807, 2.05) is 39.1 Å². The molecule has 0 radical (unpaired) electrons. The average Bonchev–Trinajstić information content (AvgIpc) is 2.71. The third-order valence-electron chi connectivity index (χ3n) is 5.99. The summed E-state index contributed by atoms with van der Waals surface area (Å²) in [6.07, 6.45) is 4.24. The van der Waals surface area contributed by atoms with Crippen molar-refractivity contribution in [1.29, 1.82) is 0 Å². The van der Waals surface area contributed by atoms with E-state index in [-0.39, 0.29) is 11.0 Å². The largest absolute Gasteiger partial charge is 0.444 e. The van der Waals surface area contributed by atoms with E-state index in [4.69, 9.17) is 9.73 Å². The Labute approximate surface area is 214 Å². The van der Waals surface area contributed by atoms with Crippen molar-refractivity contribution < 1.29 is 9.53 Å². The topological polar surface area (TPSA) is 75.6 Å². The van der Waals surface area contributed by atoms with Crippen LogP contribution in [0.1, 0.15) is 64.3 Å². The van der Waals surface area contributed by atoms with Crippen LogP contribution in [0.15, 0.2) is 46.0 Å². The Balaban J connectivity index is 1.62. The summed E-state index contributed by atoms with van der Waals surface area (Å²) in [6.45, 7) is 10.9. The van der Waals surface area contributed by atoms with E-state index in [0.717, 1.165) is 40.9 Å². The number of nitrogens with zero attached hydrogens (tertiary/aromatic N) is 2. The van der Waals surface area contributed by atoms with E-state index in [2.05, 4.69) is 63.6 Å². The van der Waals surface area contributed by atoms with Crippen molar-refractivity contribution in [2.75, 3.05) is 11.1 Å². The first kappa shape index (κ1) is 25.0. The van der Waals surface area contributed by atoms with Crippen LogP contribution in [0.4, 0.5) is 10.5 Å². The first-order valence-corrected chi connectivity index (χ1v) is 13.4. The molecule has 0 bridgehead atoms. The molecule has 182 valence electrons. The Hall–Kier alpha value is -2.06. The lowest BCUT2D eigenvalue weighted by Gasteiger charge is -2.46. The standard InChI is InChI=1S/C26H33BrN4O2S/c1-24(2,3)33-23(32)30-22-31-26(10-11-34-22)16-25(4,5)13-17-6-8-19(12-21(17)26)29-15-20-9-7-18(27)14-28-20/h6-9,12,14,29H,10-11,13,15-16H2,1-5H3,(H,30,31,32). The lowest BCUT2D eigenvalue weighted by atomic mass is 9.64. The number of hydrogen-bond acceptors (Lipinski definition) is 6. The molecule has 4 rings (SSSR count). The Morgan fingerprint density at radius 1 is 1.24 bits per heavy atom. The minimum absolute atomic E-state index is 0.117. The average molecular weight is 546 g/mol. The molecule has 8 heteroatoms. The molecule has 6 nitrogen and oxygen atoms in total. The molecule has 2 N–H and O–H groups in total. The number of pyridine rings is 1. The Kier molecular flexibility index (Phi) is 7.02. The summed E-state index contributed by atoms with van der Waals surface area (Å²) in [5.41, 5.74) is 3.82. The zero-order valence-electron chi connectivity index (χ0n) is 20.5. The van der Waals surface area contributed by atoms with Gasteiger partial charge >= 0.3 is 6.09 Å². The SMILES string of the molecule is CC1(C)Cc2ccc(NCc3ccc(Br)cn3)cc2C2(CCSC(NC(=O)OC(C)(C)C)=N2)C1. The molecule has 0 saturated carbocycles. The zero-order valence-corrected chi connectivity index (χ0v) is 22.9. The van der Waals surface area contributed by atoms with Crippen LogP contribution in [0.25, 0.3) is 0 Å². The second kappa shape index (κ2) is 9.53. The number of aliphatic imine (C=N–C) groups is 1. The van der Waals surface area contributed by atoms with Gasteiger partial charge in [-0.15, -0.1) is 0 Å². The maximum absolute atomic E-state index is 12.4. The molecular formula is C26H33BrN4O2S. The fourth-order valence-electron chi connectivity index (χ4n) is 4.82. The second-order valence-electron chi connectivity index (χ2n) is 10.9. The lowest BCUT2D eigenvalue weighted by Crippen LogP contribution is -2.43. The molecule has 1 aromatic carbocycles. The van der Waals surface area contributed by atoms with E-state index >= 15 is 0 Å². The molecule has 1 aromatic heterocycles. The van der Waals surface area contributed by atoms with Crippen LogP contribution in [0.5, 0.6) is 0 Å². The van der Waals surface area contributed by atoms with Gasteiger partial charge in [-0.25, -0.2) is 4.79 Å². The highest BCUT2D eigenvalue weighted by Gasteiger charge is 2.45. The molecule has 1 atom stereocenters. The highest BCUT2D eigenvalue weighted by atomic mass is 79.9. The Bertz CT molecular complexity index is 1090. The molecular weight excluding hydrogens is 512 g/mol. The number of nitrogens with one attached hydrogen (secondary N) is 2. The molecule has 2 aromatic rings. The third-order valence-corrected chi connectivity index (χ3v) is 7.34. The Morgan fingerprint density at radius 2 is 2.03 bits per heavy atom. The van der Waals surface area contributed by atoms with Gasteiger partial charge in [0, 0.05) is 22.1 Å². The molecule has 1 aliphatic heterocycles. The maximum Gasteiger partial charge on any atom is 0.413 e.